The number of carbonyl (C=O) groups excluding carboxylic acids is 1. The van der Waals surface area contributed by atoms with Gasteiger partial charge in [0.15, 0.2) is 5.17 Å². The minimum atomic E-state index is -0.165. The molecule has 0 saturated carbocycles. The fourth-order valence-corrected chi connectivity index (χ4v) is 4.81. The molecule has 7 heteroatoms. The Balaban J connectivity index is 1.27. The number of anilines is 1. The number of benzene rings is 2. The Hall–Kier alpha value is -2.83. The smallest absolute Gasteiger partial charge is 0.286 e. The molecule has 0 atom stereocenters. The summed E-state index contributed by atoms with van der Waals surface area (Å²) in [5.74, 6) is 0.721. The first-order valence-corrected chi connectivity index (χ1v) is 11.0. The number of amidine groups is 1. The molecule has 3 aromatic rings. The van der Waals surface area contributed by atoms with Gasteiger partial charge < -0.3 is 9.80 Å². The van der Waals surface area contributed by atoms with E-state index < -0.39 is 0 Å². The lowest BCUT2D eigenvalue weighted by Gasteiger charge is -2.36. The molecule has 150 valence electrons. The first kappa shape index (κ1) is 19.2. The largest absolute Gasteiger partial charge is 0.353 e. The molecular formula is C23H19ClN4OS. The second kappa shape index (κ2) is 8.13. The molecule has 0 radical (unpaired) electrons. The van der Waals surface area contributed by atoms with Crippen LogP contribution in [0, 0.1) is 0 Å². The summed E-state index contributed by atoms with van der Waals surface area (Å²) in [7, 11) is 0. The summed E-state index contributed by atoms with van der Waals surface area (Å²) in [6.45, 7) is 3.20. The van der Waals surface area contributed by atoms with E-state index in [1.807, 2.05) is 36.4 Å². The van der Waals surface area contributed by atoms with Gasteiger partial charge in [0, 0.05) is 26.2 Å². The highest BCUT2D eigenvalue weighted by Gasteiger charge is 2.28. The number of halogens is 1. The molecule has 5 nitrogen and oxygen atoms in total. The third-order valence-corrected chi connectivity index (χ3v) is 6.51. The minimum Gasteiger partial charge on any atom is -0.353 e. The van der Waals surface area contributed by atoms with Crippen LogP contribution in [-0.2, 0) is 4.79 Å². The van der Waals surface area contributed by atoms with Gasteiger partial charge in [-0.25, -0.2) is 4.98 Å². The molecule has 3 heterocycles. The van der Waals surface area contributed by atoms with Crippen molar-refractivity contribution in [3.8, 4) is 0 Å². The Bertz CT molecular complexity index is 1180. The van der Waals surface area contributed by atoms with Crippen LogP contribution in [0.1, 0.15) is 5.56 Å². The van der Waals surface area contributed by atoms with Gasteiger partial charge in [-0.1, -0.05) is 54.1 Å². The van der Waals surface area contributed by atoms with E-state index in [9.17, 15) is 4.79 Å². The van der Waals surface area contributed by atoms with Crippen LogP contribution >= 0.6 is 23.4 Å². The predicted octanol–water partition coefficient (Wildman–Crippen LogP) is 4.68. The highest BCUT2D eigenvalue weighted by molar-refractivity contribution is 8.18. The number of nitrogens with zero attached hydrogens (tertiary/aromatic N) is 4. The van der Waals surface area contributed by atoms with Gasteiger partial charge in [-0.3, -0.25) is 4.79 Å². The zero-order chi connectivity index (χ0) is 20.5. The van der Waals surface area contributed by atoms with Crippen molar-refractivity contribution < 1.29 is 4.79 Å². The molecule has 2 aliphatic rings. The number of thioether (sulfide) groups is 1. The number of carbonyl (C=O) groups is 1. The van der Waals surface area contributed by atoms with Crippen LogP contribution in [0.25, 0.3) is 16.8 Å². The Kier molecular flexibility index (Phi) is 5.19. The molecule has 1 fully saturated rings. The molecule has 0 aliphatic carbocycles. The van der Waals surface area contributed by atoms with Gasteiger partial charge in [0.2, 0.25) is 0 Å². The van der Waals surface area contributed by atoms with Gasteiger partial charge >= 0.3 is 0 Å². The number of pyridine rings is 1. The van der Waals surface area contributed by atoms with Gasteiger partial charge in [-0.05, 0) is 52.4 Å². The molecule has 30 heavy (non-hydrogen) atoms. The number of rotatable bonds is 2. The quantitative estimate of drug-likeness (QED) is 0.433. The monoisotopic (exact) mass is 434 g/mol. The number of aliphatic imine (C=N–C) groups is 1. The first-order valence-electron chi connectivity index (χ1n) is 9.79. The third-order valence-electron chi connectivity index (χ3n) is 5.26. The number of amides is 1. The van der Waals surface area contributed by atoms with Crippen LogP contribution in [0.5, 0.6) is 0 Å². The van der Waals surface area contributed by atoms with Crippen LogP contribution in [0.3, 0.4) is 0 Å². The van der Waals surface area contributed by atoms with E-state index in [4.69, 9.17) is 11.6 Å². The maximum Gasteiger partial charge on any atom is 0.286 e. The maximum absolute atomic E-state index is 12.5. The zero-order valence-corrected chi connectivity index (χ0v) is 17.7. The number of hydrogen-bond acceptors (Lipinski definition) is 5. The van der Waals surface area contributed by atoms with Gasteiger partial charge in [-0.15, -0.1) is 0 Å². The van der Waals surface area contributed by atoms with Crippen molar-refractivity contribution >= 4 is 57.1 Å². The van der Waals surface area contributed by atoms with Gasteiger partial charge in [-0.2, -0.15) is 4.99 Å². The van der Waals surface area contributed by atoms with Gasteiger partial charge in [0.05, 0.1) is 4.91 Å². The van der Waals surface area contributed by atoms with E-state index in [0.29, 0.717) is 10.1 Å². The van der Waals surface area contributed by atoms with Gasteiger partial charge in [0.1, 0.15) is 11.0 Å². The summed E-state index contributed by atoms with van der Waals surface area (Å²) in [4.78, 5) is 26.2. The van der Waals surface area contributed by atoms with E-state index in [1.165, 1.54) is 17.1 Å². The van der Waals surface area contributed by atoms with Crippen LogP contribution in [0.4, 0.5) is 5.82 Å². The van der Waals surface area contributed by atoms with Crippen LogP contribution in [-0.4, -0.2) is 47.1 Å². The second-order valence-corrected chi connectivity index (χ2v) is 8.61. The zero-order valence-electron chi connectivity index (χ0n) is 16.2. The third kappa shape index (κ3) is 3.93. The van der Waals surface area contributed by atoms with E-state index in [-0.39, 0.29) is 5.91 Å². The van der Waals surface area contributed by atoms with E-state index in [2.05, 4.69) is 44.0 Å². The Morgan fingerprint density at radius 3 is 2.47 bits per heavy atom. The summed E-state index contributed by atoms with van der Waals surface area (Å²) in [5.41, 5.74) is 1.01. The second-order valence-electron chi connectivity index (χ2n) is 7.21. The molecule has 0 spiro atoms. The van der Waals surface area contributed by atoms with Crippen LogP contribution in [0.15, 0.2) is 70.6 Å². The fourth-order valence-electron chi connectivity index (χ4n) is 3.68. The highest BCUT2D eigenvalue weighted by Crippen LogP contribution is 2.31. The van der Waals surface area contributed by atoms with Crippen LogP contribution < -0.4 is 4.90 Å². The topological polar surface area (TPSA) is 48.8 Å². The summed E-state index contributed by atoms with van der Waals surface area (Å²) < 4.78 is 0. The van der Waals surface area contributed by atoms with Crippen molar-refractivity contribution in [1.82, 2.24) is 9.88 Å². The number of aromatic nitrogens is 1. The summed E-state index contributed by atoms with van der Waals surface area (Å²) >= 11 is 7.47. The van der Waals surface area contributed by atoms with Crippen molar-refractivity contribution in [2.24, 2.45) is 4.99 Å². The lowest BCUT2D eigenvalue weighted by Crippen LogP contribution is -2.48. The average molecular weight is 435 g/mol. The molecule has 1 aromatic heterocycles. The number of hydrogen-bond donors (Lipinski definition) is 0. The van der Waals surface area contributed by atoms with E-state index in [0.717, 1.165) is 48.1 Å². The molecular weight excluding hydrogens is 416 g/mol. The van der Waals surface area contributed by atoms with Crippen molar-refractivity contribution in [1.29, 1.82) is 0 Å². The van der Waals surface area contributed by atoms with Crippen molar-refractivity contribution in [2.75, 3.05) is 31.1 Å². The first-order chi connectivity index (χ1) is 14.7. The number of piperazine rings is 1. The summed E-state index contributed by atoms with van der Waals surface area (Å²) in [5, 5.41) is 3.63. The van der Waals surface area contributed by atoms with Gasteiger partial charge in [0.25, 0.3) is 5.91 Å². The fraction of sp³-hybridized carbons (Fsp3) is 0.174. The summed E-state index contributed by atoms with van der Waals surface area (Å²) in [6.07, 6.45) is 1.93. The molecule has 0 unspecified atom stereocenters. The van der Waals surface area contributed by atoms with Crippen molar-refractivity contribution in [3.63, 3.8) is 0 Å². The SMILES string of the molecule is O=C1N=C(N2CCN(c3cccc(Cl)n3)CC2)S/C1=C\c1ccc2ccccc2c1. The van der Waals surface area contributed by atoms with Crippen LogP contribution in [0.2, 0.25) is 5.15 Å². The maximum atomic E-state index is 12.5. The molecule has 0 N–H and O–H groups in total. The summed E-state index contributed by atoms with van der Waals surface area (Å²) in [6, 6.07) is 20.1. The lowest BCUT2D eigenvalue weighted by atomic mass is 10.1. The average Bonchev–Trinajstić information content (AvgIpc) is 3.14. The molecule has 2 aromatic carbocycles. The number of fused-ring (bicyclic) bond motifs is 1. The standard InChI is InChI=1S/C23H19ClN4OS/c24-20-6-3-7-21(25-20)27-10-12-28(13-11-27)23-26-22(29)19(30-23)15-16-8-9-17-4-1-2-5-18(17)14-16/h1-9,14-15H,10-13H2/b19-15-. The highest BCUT2D eigenvalue weighted by atomic mass is 35.5. The van der Waals surface area contributed by atoms with Crippen molar-refractivity contribution in [3.05, 3.63) is 76.3 Å². The molecule has 1 saturated heterocycles. The minimum absolute atomic E-state index is 0.165. The van der Waals surface area contributed by atoms with E-state index >= 15 is 0 Å². The Labute approximate surface area is 184 Å². The predicted molar refractivity (Wildman–Crippen MR) is 125 cm³/mol. The van der Waals surface area contributed by atoms with Crippen molar-refractivity contribution in [2.45, 2.75) is 0 Å². The molecule has 5 rings (SSSR count). The van der Waals surface area contributed by atoms with E-state index in [1.54, 1.807) is 6.07 Å². The lowest BCUT2D eigenvalue weighted by molar-refractivity contribution is -0.113. The molecule has 0 bridgehead atoms. The normalized spacial score (nSPS) is 18.4. The molecule has 1 amide bonds. The Morgan fingerprint density at radius 1 is 0.900 bits per heavy atom. The molecule has 2 aliphatic heterocycles. The Morgan fingerprint density at radius 2 is 1.67 bits per heavy atom.